The average molecular weight is 129 g/mol. The standard InChI is InChI=1S/C7H9Cl/c1-7(2)5-3-4-6-8/h5H,6H2,1-2H3. The number of halogens is 1. The number of allylic oxidation sites excluding steroid dienone is 2. The maximum Gasteiger partial charge on any atom is 0.0838 e. The van der Waals surface area contributed by atoms with Crippen LogP contribution in [-0.2, 0) is 0 Å². The van der Waals surface area contributed by atoms with Crippen molar-refractivity contribution in [1.82, 2.24) is 0 Å². The molecule has 0 unspecified atom stereocenters. The Balaban J connectivity index is 3.57. The summed E-state index contributed by atoms with van der Waals surface area (Å²) in [7, 11) is 0. The van der Waals surface area contributed by atoms with Crippen molar-refractivity contribution in [2.45, 2.75) is 13.8 Å². The van der Waals surface area contributed by atoms with Gasteiger partial charge in [-0.2, -0.15) is 0 Å². The summed E-state index contributed by atoms with van der Waals surface area (Å²) in [5, 5.41) is 0. The van der Waals surface area contributed by atoms with E-state index < -0.39 is 0 Å². The van der Waals surface area contributed by atoms with E-state index >= 15 is 0 Å². The Labute approximate surface area is 55.5 Å². The van der Waals surface area contributed by atoms with Gasteiger partial charge < -0.3 is 0 Å². The van der Waals surface area contributed by atoms with Crippen LogP contribution in [0.15, 0.2) is 11.6 Å². The Morgan fingerprint density at radius 3 is 2.62 bits per heavy atom. The quantitative estimate of drug-likeness (QED) is 0.347. The second kappa shape index (κ2) is 4.74. The molecule has 0 nitrogen and oxygen atoms in total. The fraction of sp³-hybridized carbons (Fsp3) is 0.429. The lowest BCUT2D eigenvalue weighted by Crippen LogP contribution is -1.61. The molecular formula is C7H9Cl. The molecule has 0 spiro atoms. The Hall–Kier alpha value is -0.410. The highest BCUT2D eigenvalue weighted by molar-refractivity contribution is 6.19. The predicted octanol–water partition coefficient (Wildman–Crippen LogP) is 2.19. The summed E-state index contributed by atoms with van der Waals surface area (Å²) in [5.74, 6) is 5.93. The maximum atomic E-state index is 5.28. The van der Waals surface area contributed by atoms with Gasteiger partial charge in [-0.3, -0.25) is 0 Å². The zero-order valence-electron chi connectivity index (χ0n) is 5.16. The van der Waals surface area contributed by atoms with Crippen molar-refractivity contribution in [1.29, 1.82) is 0 Å². The average Bonchev–Trinajstić information content (AvgIpc) is 1.66. The largest absolute Gasteiger partial charge is 0.113 e. The molecule has 0 aromatic heterocycles. The molecule has 8 heavy (non-hydrogen) atoms. The van der Waals surface area contributed by atoms with Crippen LogP contribution < -0.4 is 0 Å². The molecule has 0 heterocycles. The molecule has 0 saturated carbocycles. The molecule has 0 aromatic rings. The van der Waals surface area contributed by atoms with Crippen LogP contribution >= 0.6 is 11.6 Å². The molecule has 0 aliphatic heterocycles. The van der Waals surface area contributed by atoms with Gasteiger partial charge in [-0.15, -0.1) is 11.6 Å². The summed E-state index contributed by atoms with van der Waals surface area (Å²) >= 11 is 5.28. The van der Waals surface area contributed by atoms with Gasteiger partial charge in [0, 0.05) is 0 Å². The third-order valence-corrected chi connectivity index (χ3v) is 0.663. The summed E-state index contributed by atoms with van der Waals surface area (Å²) in [6.07, 6.45) is 1.85. The first kappa shape index (κ1) is 7.59. The molecule has 0 aliphatic carbocycles. The van der Waals surface area contributed by atoms with E-state index in [1.807, 2.05) is 19.9 Å². The van der Waals surface area contributed by atoms with Gasteiger partial charge >= 0.3 is 0 Å². The van der Waals surface area contributed by atoms with Crippen LogP contribution in [0.4, 0.5) is 0 Å². The Morgan fingerprint density at radius 1 is 1.62 bits per heavy atom. The fourth-order valence-electron chi connectivity index (χ4n) is 0.234. The van der Waals surface area contributed by atoms with Crippen molar-refractivity contribution in [3.63, 3.8) is 0 Å². The maximum absolute atomic E-state index is 5.28. The van der Waals surface area contributed by atoms with E-state index in [4.69, 9.17) is 11.6 Å². The van der Waals surface area contributed by atoms with E-state index in [1.165, 1.54) is 5.57 Å². The molecule has 0 bridgehead atoms. The van der Waals surface area contributed by atoms with E-state index in [1.54, 1.807) is 0 Å². The first-order valence-corrected chi connectivity index (χ1v) is 2.98. The van der Waals surface area contributed by atoms with Crippen LogP contribution in [0.1, 0.15) is 13.8 Å². The Kier molecular flexibility index (Phi) is 4.50. The van der Waals surface area contributed by atoms with Crippen molar-refractivity contribution in [3.05, 3.63) is 11.6 Å². The lowest BCUT2D eigenvalue weighted by molar-refractivity contribution is 1.40. The molecule has 0 aliphatic rings. The zero-order chi connectivity index (χ0) is 6.41. The van der Waals surface area contributed by atoms with Crippen molar-refractivity contribution in [3.8, 4) is 11.8 Å². The van der Waals surface area contributed by atoms with E-state index in [2.05, 4.69) is 11.8 Å². The zero-order valence-corrected chi connectivity index (χ0v) is 5.92. The lowest BCUT2D eigenvalue weighted by atomic mass is 10.3. The van der Waals surface area contributed by atoms with E-state index in [9.17, 15) is 0 Å². The number of hydrogen-bond donors (Lipinski definition) is 0. The monoisotopic (exact) mass is 128 g/mol. The first-order valence-electron chi connectivity index (χ1n) is 2.45. The van der Waals surface area contributed by atoms with Crippen molar-refractivity contribution in [2.24, 2.45) is 0 Å². The highest BCUT2D eigenvalue weighted by Gasteiger charge is 1.66. The highest BCUT2D eigenvalue weighted by Crippen LogP contribution is 1.84. The highest BCUT2D eigenvalue weighted by atomic mass is 35.5. The van der Waals surface area contributed by atoms with Crippen LogP contribution in [0.3, 0.4) is 0 Å². The minimum Gasteiger partial charge on any atom is -0.113 e. The molecule has 0 aromatic carbocycles. The molecular weight excluding hydrogens is 120 g/mol. The molecule has 1 heteroatoms. The minimum atomic E-state index is 0.420. The summed E-state index contributed by atoms with van der Waals surface area (Å²) in [4.78, 5) is 0. The second-order valence-corrected chi connectivity index (χ2v) is 1.94. The molecule has 0 rings (SSSR count). The summed E-state index contributed by atoms with van der Waals surface area (Å²) in [6, 6.07) is 0. The van der Waals surface area contributed by atoms with Crippen LogP contribution in [0, 0.1) is 11.8 Å². The molecule has 0 saturated heterocycles. The third-order valence-electron chi connectivity index (χ3n) is 0.530. The Morgan fingerprint density at radius 2 is 2.25 bits per heavy atom. The van der Waals surface area contributed by atoms with Gasteiger partial charge in [0.05, 0.1) is 5.88 Å². The van der Waals surface area contributed by atoms with Gasteiger partial charge in [0.15, 0.2) is 0 Å². The van der Waals surface area contributed by atoms with Crippen molar-refractivity contribution >= 4 is 11.6 Å². The van der Waals surface area contributed by atoms with E-state index in [0.29, 0.717) is 5.88 Å². The molecule has 0 amide bonds. The SMILES string of the molecule is CC(C)=CC#CCCl. The van der Waals surface area contributed by atoms with Crippen molar-refractivity contribution in [2.75, 3.05) is 5.88 Å². The van der Waals surface area contributed by atoms with Gasteiger partial charge in [-0.1, -0.05) is 17.4 Å². The van der Waals surface area contributed by atoms with Gasteiger partial charge in [0.1, 0.15) is 0 Å². The topological polar surface area (TPSA) is 0 Å². The van der Waals surface area contributed by atoms with Crippen LogP contribution in [0.5, 0.6) is 0 Å². The lowest BCUT2D eigenvalue weighted by Gasteiger charge is -1.75. The second-order valence-electron chi connectivity index (χ2n) is 1.68. The number of rotatable bonds is 0. The van der Waals surface area contributed by atoms with E-state index in [0.717, 1.165) is 0 Å². The third kappa shape index (κ3) is 5.59. The van der Waals surface area contributed by atoms with Crippen LogP contribution in [-0.4, -0.2) is 5.88 Å². The fourth-order valence-corrected chi connectivity index (χ4v) is 0.311. The van der Waals surface area contributed by atoms with Crippen molar-refractivity contribution < 1.29 is 0 Å². The molecule has 0 N–H and O–H groups in total. The van der Waals surface area contributed by atoms with E-state index in [-0.39, 0.29) is 0 Å². The van der Waals surface area contributed by atoms with Crippen LogP contribution in [0.2, 0.25) is 0 Å². The summed E-state index contributed by atoms with van der Waals surface area (Å²) < 4.78 is 0. The number of hydrogen-bond acceptors (Lipinski definition) is 0. The summed E-state index contributed by atoms with van der Waals surface area (Å²) in [5.41, 5.74) is 1.21. The van der Waals surface area contributed by atoms with Gasteiger partial charge in [-0.05, 0) is 19.9 Å². The van der Waals surface area contributed by atoms with Crippen LogP contribution in [0.25, 0.3) is 0 Å². The smallest absolute Gasteiger partial charge is 0.0838 e. The Bertz CT molecular complexity index is 130. The summed E-state index contributed by atoms with van der Waals surface area (Å²) in [6.45, 7) is 4.01. The molecule has 44 valence electrons. The normalized spacial score (nSPS) is 6.88. The molecule has 0 atom stereocenters. The van der Waals surface area contributed by atoms with Gasteiger partial charge in [0.2, 0.25) is 0 Å². The van der Waals surface area contributed by atoms with Gasteiger partial charge in [-0.25, -0.2) is 0 Å². The molecule has 0 radical (unpaired) electrons. The molecule has 0 fully saturated rings. The predicted molar refractivity (Wildman–Crippen MR) is 37.9 cm³/mol. The number of alkyl halides is 1. The van der Waals surface area contributed by atoms with Gasteiger partial charge in [0.25, 0.3) is 0 Å². The minimum absolute atomic E-state index is 0.420. The first-order chi connectivity index (χ1) is 3.77.